The average Bonchev–Trinajstić information content (AvgIpc) is 2.61. The van der Waals surface area contributed by atoms with Crippen LogP contribution in [0.2, 0.25) is 0 Å². The van der Waals surface area contributed by atoms with Crippen LogP contribution in [0.25, 0.3) is 0 Å². The Balaban J connectivity index is 0.00000364. The zero-order valence-corrected chi connectivity index (χ0v) is 16.4. The molecule has 0 aliphatic carbocycles. The van der Waals surface area contributed by atoms with Crippen LogP contribution >= 0.6 is 12.4 Å². The summed E-state index contributed by atoms with van der Waals surface area (Å²) in [4.78, 5) is 11.8. The lowest BCUT2D eigenvalue weighted by Gasteiger charge is -2.11. The molecule has 0 aliphatic heterocycles. The number of carbonyl (C=O) groups is 1. The first-order chi connectivity index (χ1) is 12.3. The topological polar surface area (TPSA) is 101 Å². The summed E-state index contributed by atoms with van der Waals surface area (Å²) in [7, 11) is -3.79. The van der Waals surface area contributed by atoms with E-state index in [0.29, 0.717) is 18.8 Å². The number of rotatable bonds is 8. The van der Waals surface area contributed by atoms with Gasteiger partial charge in [0.05, 0.1) is 11.3 Å². The van der Waals surface area contributed by atoms with E-state index in [9.17, 15) is 17.6 Å². The second kappa shape index (κ2) is 10.2. The lowest BCUT2D eigenvalue weighted by atomic mass is 10.1. The molecule has 2 rings (SSSR count). The summed E-state index contributed by atoms with van der Waals surface area (Å²) >= 11 is 0. The number of sulfonamides is 1. The number of carbonyl (C=O) groups excluding carboxylic acids is 1. The first kappa shape index (κ1) is 22.9. The molecule has 4 N–H and O–H groups in total. The van der Waals surface area contributed by atoms with Crippen molar-refractivity contribution >= 4 is 34.0 Å². The molecule has 0 bridgehead atoms. The summed E-state index contributed by atoms with van der Waals surface area (Å²) in [5, 5.41) is 2.80. The number of benzene rings is 2. The molecular formula is C18H23ClFN3O3S. The van der Waals surface area contributed by atoms with Crippen molar-refractivity contribution in [1.82, 2.24) is 5.32 Å². The van der Waals surface area contributed by atoms with E-state index in [4.69, 9.17) is 5.73 Å². The minimum Gasteiger partial charge on any atom is -0.356 e. The molecule has 2 aromatic carbocycles. The predicted molar refractivity (Wildman–Crippen MR) is 106 cm³/mol. The molecule has 27 heavy (non-hydrogen) atoms. The fourth-order valence-electron chi connectivity index (χ4n) is 2.14. The number of nitrogens with one attached hydrogen (secondary N) is 2. The van der Waals surface area contributed by atoms with Crippen molar-refractivity contribution in [3.05, 3.63) is 59.9 Å². The second-order valence-electron chi connectivity index (χ2n) is 6.08. The van der Waals surface area contributed by atoms with Crippen molar-refractivity contribution in [2.45, 2.75) is 18.2 Å². The van der Waals surface area contributed by atoms with Crippen LogP contribution < -0.4 is 15.8 Å². The highest BCUT2D eigenvalue weighted by atomic mass is 35.5. The minimum absolute atomic E-state index is 0. The van der Waals surface area contributed by atoms with Gasteiger partial charge in [-0.3, -0.25) is 9.52 Å². The molecule has 1 unspecified atom stereocenters. The number of hydrogen-bond acceptors (Lipinski definition) is 4. The molecular weight excluding hydrogens is 393 g/mol. The van der Waals surface area contributed by atoms with Gasteiger partial charge in [0.15, 0.2) is 0 Å². The van der Waals surface area contributed by atoms with E-state index in [1.807, 2.05) is 6.92 Å². The molecule has 9 heteroatoms. The largest absolute Gasteiger partial charge is 0.356 e. The van der Waals surface area contributed by atoms with Gasteiger partial charge in [0.1, 0.15) is 5.82 Å². The van der Waals surface area contributed by atoms with Gasteiger partial charge in [0.2, 0.25) is 5.91 Å². The maximum absolute atomic E-state index is 12.9. The highest BCUT2D eigenvalue weighted by Crippen LogP contribution is 2.17. The number of halogens is 2. The quantitative estimate of drug-likeness (QED) is 0.615. The Morgan fingerprint density at radius 2 is 1.70 bits per heavy atom. The first-order valence-corrected chi connectivity index (χ1v) is 9.62. The van der Waals surface area contributed by atoms with Crippen LogP contribution in [0, 0.1) is 11.7 Å². The molecule has 0 aliphatic rings. The number of hydrogen-bond donors (Lipinski definition) is 3. The van der Waals surface area contributed by atoms with Gasteiger partial charge in [-0.25, -0.2) is 12.8 Å². The van der Waals surface area contributed by atoms with Crippen molar-refractivity contribution in [3.63, 3.8) is 0 Å². The third kappa shape index (κ3) is 7.16. The summed E-state index contributed by atoms with van der Waals surface area (Å²) in [6.07, 6.45) is 0.197. The predicted octanol–water partition coefficient (Wildman–Crippen LogP) is 2.30. The zero-order valence-electron chi connectivity index (χ0n) is 14.8. The Labute approximate surface area is 164 Å². The molecule has 0 heterocycles. The normalized spacial score (nSPS) is 12.0. The van der Waals surface area contributed by atoms with Crippen molar-refractivity contribution < 1.29 is 17.6 Å². The van der Waals surface area contributed by atoms with Gasteiger partial charge < -0.3 is 11.1 Å². The summed E-state index contributed by atoms with van der Waals surface area (Å²) in [6.45, 7) is 2.97. The van der Waals surface area contributed by atoms with E-state index >= 15 is 0 Å². The fourth-order valence-corrected chi connectivity index (χ4v) is 3.20. The summed E-state index contributed by atoms with van der Waals surface area (Å²) in [5.41, 5.74) is 6.62. The Kier molecular flexibility index (Phi) is 8.68. The molecule has 0 saturated heterocycles. The third-order valence-corrected chi connectivity index (χ3v) is 5.14. The molecule has 1 atom stereocenters. The van der Waals surface area contributed by atoms with Crippen LogP contribution in [0.4, 0.5) is 10.1 Å². The Morgan fingerprint density at radius 1 is 1.11 bits per heavy atom. The maximum atomic E-state index is 12.9. The molecule has 0 radical (unpaired) electrons. The smallest absolute Gasteiger partial charge is 0.261 e. The highest BCUT2D eigenvalue weighted by molar-refractivity contribution is 7.92. The van der Waals surface area contributed by atoms with Crippen molar-refractivity contribution in [3.8, 4) is 0 Å². The second-order valence-corrected chi connectivity index (χ2v) is 7.76. The number of nitrogens with two attached hydrogens (primary N) is 1. The third-order valence-electron chi connectivity index (χ3n) is 3.74. The van der Waals surface area contributed by atoms with Gasteiger partial charge in [-0.05, 0) is 54.4 Å². The standard InChI is InChI=1S/C18H22FN3O3S.ClH/c1-13(11-20)12-21-18(23)10-14-2-6-16(7-3-14)22-26(24,25)17-8-4-15(19)5-9-17;/h2-9,13,22H,10-12,20H2,1H3,(H,21,23);1H. The molecule has 6 nitrogen and oxygen atoms in total. The summed E-state index contributed by atoms with van der Waals surface area (Å²) in [6, 6.07) is 11.1. The molecule has 0 saturated carbocycles. The van der Waals surface area contributed by atoms with Crippen molar-refractivity contribution in [1.29, 1.82) is 0 Å². The zero-order chi connectivity index (χ0) is 19.2. The van der Waals surface area contributed by atoms with Crippen molar-refractivity contribution in [2.24, 2.45) is 11.7 Å². The number of amides is 1. The average molecular weight is 416 g/mol. The highest BCUT2D eigenvalue weighted by Gasteiger charge is 2.14. The van der Waals surface area contributed by atoms with E-state index < -0.39 is 15.8 Å². The summed E-state index contributed by atoms with van der Waals surface area (Å²) < 4.78 is 39.8. The summed E-state index contributed by atoms with van der Waals surface area (Å²) in [5.74, 6) is -0.417. The van der Waals surface area contributed by atoms with Crippen molar-refractivity contribution in [2.75, 3.05) is 17.8 Å². The molecule has 0 fully saturated rings. The van der Waals surface area contributed by atoms with E-state index in [1.54, 1.807) is 24.3 Å². The van der Waals surface area contributed by atoms with Gasteiger partial charge >= 0.3 is 0 Å². The number of anilines is 1. The van der Waals surface area contributed by atoms with E-state index in [1.165, 1.54) is 12.1 Å². The van der Waals surface area contributed by atoms with Crippen LogP contribution in [0.15, 0.2) is 53.4 Å². The lowest BCUT2D eigenvalue weighted by Crippen LogP contribution is -2.32. The van der Waals surface area contributed by atoms with Crippen LogP contribution in [0.1, 0.15) is 12.5 Å². The SMILES string of the molecule is CC(CN)CNC(=O)Cc1ccc(NS(=O)(=O)c2ccc(F)cc2)cc1.Cl. The van der Waals surface area contributed by atoms with Crippen LogP contribution in [-0.4, -0.2) is 27.4 Å². The van der Waals surface area contributed by atoms with Crippen LogP contribution in [-0.2, 0) is 21.2 Å². The fraction of sp³-hybridized carbons (Fsp3) is 0.278. The van der Waals surface area contributed by atoms with E-state index in [0.717, 1.165) is 17.7 Å². The molecule has 0 aromatic heterocycles. The van der Waals surface area contributed by atoms with Gasteiger partial charge in [-0.2, -0.15) is 0 Å². The molecule has 2 aromatic rings. The molecule has 0 spiro atoms. The van der Waals surface area contributed by atoms with Crippen LogP contribution in [0.3, 0.4) is 0 Å². The maximum Gasteiger partial charge on any atom is 0.261 e. The molecule has 1 amide bonds. The van der Waals surface area contributed by atoms with Crippen LogP contribution in [0.5, 0.6) is 0 Å². The monoisotopic (exact) mass is 415 g/mol. The Hall–Kier alpha value is -2.16. The first-order valence-electron chi connectivity index (χ1n) is 8.14. The Bertz CT molecular complexity index is 843. The van der Waals surface area contributed by atoms with Gasteiger partial charge in [-0.1, -0.05) is 19.1 Å². The van der Waals surface area contributed by atoms with Gasteiger partial charge in [0, 0.05) is 12.2 Å². The Morgan fingerprint density at radius 3 is 2.26 bits per heavy atom. The minimum atomic E-state index is -3.79. The lowest BCUT2D eigenvalue weighted by molar-refractivity contribution is -0.120. The van der Waals surface area contributed by atoms with E-state index in [-0.39, 0.29) is 35.5 Å². The molecule has 148 valence electrons. The van der Waals surface area contributed by atoms with E-state index in [2.05, 4.69) is 10.0 Å². The van der Waals surface area contributed by atoms with Gasteiger partial charge in [0.25, 0.3) is 10.0 Å². The van der Waals surface area contributed by atoms with Gasteiger partial charge in [-0.15, -0.1) is 12.4 Å².